The Labute approximate surface area is 100 Å². The number of benzene rings is 1. The minimum atomic E-state index is -0.351. The van der Waals surface area contributed by atoms with E-state index in [4.69, 9.17) is 9.57 Å². The minimum Gasteiger partial charge on any atom is -0.379 e. The van der Waals surface area contributed by atoms with E-state index in [-0.39, 0.29) is 5.97 Å². The zero-order valence-corrected chi connectivity index (χ0v) is 9.54. The van der Waals surface area contributed by atoms with Crippen molar-refractivity contribution in [2.24, 2.45) is 0 Å². The normalized spacial score (nSPS) is 17.2. The standard InChI is InChI=1S/C13H15NO3/c15-13(17-14-8-10-16-11-9-14)7-6-12-4-2-1-3-5-12/h1-7H,8-11H2/b7-6+. The lowest BCUT2D eigenvalue weighted by molar-refractivity contribution is -0.199. The molecule has 0 atom stereocenters. The summed E-state index contributed by atoms with van der Waals surface area (Å²) >= 11 is 0. The largest absolute Gasteiger partial charge is 0.379 e. The van der Waals surface area contributed by atoms with E-state index in [2.05, 4.69) is 0 Å². The summed E-state index contributed by atoms with van der Waals surface area (Å²) in [4.78, 5) is 16.6. The minimum absolute atomic E-state index is 0.351. The van der Waals surface area contributed by atoms with Gasteiger partial charge in [-0.05, 0) is 11.6 Å². The van der Waals surface area contributed by atoms with E-state index in [1.54, 1.807) is 11.1 Å². The van der Waals surface area contributed by atoms with Gasteiger partial charge in [0, 0.05) is 6.08 Å². The Morgan fingerprint density at radius 1 is 1.24 bits per heavy atom. The van der Waals surface area contributed by atoms with Crippen LogP contribution in [0.1, 0.15) is 5.56 Å². The van der Waals surface area contributed by atoms with Gasteiger partial charge in [-0.2, -0.15) is 0 Å². The predicted molar refractivity (Wildman–Crippen MR) is 64.0 cm³/mol. The lowest BCUT2D eigenvalue weighted by Crippen LogP contribution is -2.37. The molecular weight excluding hydrogens is 218 g/mol. The number of nitrogens with zero attached hydrogens (tertiary/aromatic N) is 1. The molecule has 4 heteroatoms. The number of rotatable bonds is 3. The Morgan fingerprint density at radius 3 is 2.65 bits per heavy atom. The Hall–Kier alpha value is -1.65. The third-order valence-corrected chi connectivity index (χ3v) is 2.40. The van der Waals surface area contributed by atoms with Crippen LogP contribution in [0.15, 0.2) is 36.4 Å². The van der Waals surface area contributed by atoms with Crippen molar-refractivity contribution in [3.05, 3.63) is 42.0 Å². The van der Waals surface area contributed by atoms with Crippen LogP contribution in [0.5, 0.6) is 0 Å². The highest BCUT2D eigenvalue weighted by Crippen LogP contribution is 2.03. The van der Waals surface area contributed by atoms with Crippen molar-refractivity contribution in [1.82, 2.24) is 5.06 Å². The van der Waals surface area contributed by atoms with Gasteiger partial charge in [0.2, 0.25) is 0 Å². The van der Waals surface area contributed by atoms with Crippen molar-refractivity contribution in [3.8, 4) is 0 Å². The summed E-state index contributed by atoms with van der Waals surface area (Å²) in [5.41, 5.74) is 0.978. The van der Waals surface area contributed by atoms with Crippen LogP contribution < -0.4 is 0 Å². The van der Waals surface area contributed by atoms with E-state index in [0.29, 0.717) is 26.3 Å². The van der Waals surface area contributed by atoms with Crippen LogP contribution in [0.2, 0.25) is 0 Å². The fourth-order valence-corrected chi connectivity index (χ4v) is 1.52. The Kier molecular flexibility index (Phi) is 4.30. The second-order valence-corrected chi connectivity index (χ2v) is 3.70. The van der Waals surface area contributed by atoms with E-state index in [1.807, 2.05) is 30.3 Å². The zero-order chi connectivity index (χ0) is 11.9. The lowest BCUT2D eigenvalue weighted by atomic mass is 10.2. The molecule has 0 N–H and O–H groups in total. The van der Waals surface area contributed by atoms with Gasteiger partial charge in [0.05, 0.1) is 26.3 Å². The van der Waals surface area contributed by atoms with E-state index in [0.717, 1.165) is 5.56 Å². The number of ether oxygens (including phenoxy) is 1. The molecule has 0 aromatic heterocycles. The fraction of sp³-hybridized carbons (Fsp3) is 0.308. The van der Waals surface area contributed by atoms with Gasteiger partial charge in [0.15, 0.2) is 0 Å². The number of carbonyl (C=O) groups is 1. The van der Waals surface area contributed by atoms with Crippen LogP contribution in [0.3, 0.4) is 0 Å². The van der Waals surface area contributed by atoms with Crippen molar-refractivity contribution < 1.29 is 14.4 Å². The molecule has 1 aromatic carbocycles. The van der Waals surface area contributed by atoms with Gasteiger partial charge in [-0.3, -0.25) is 0 Å². The van der Waals surface area contributed by atoms with E-state index < -0.39 is 0 Å². The third kappa shape index (κ3) is 4.01. The fourth-order valence-electron chi connectivity index (χ4n) is 1.52. The SMILES string of the molecule is O=C(/C=C/c1ccccc1)ON1CCOCC1. The van der Waals surface area contributed by atoms with E-state index >= 15 is 0 Å². The highest BCUT2D eigenvalue weighted by Gasteiger charge is 2.13. The van der Waals surface area contributed by atoms with Gasteiger partial charge < -0.3 is 9.57 Å². The summed E-state index contributed by atoms with van der Waals surface area (Å²) in [6.07, 6.45) is 3.17. The molecule has 0 saturated carbocycles. The summed E-state index contributed by atoms with van der Waals surface area (Å²) in [5, 5.41) is 1.63. The highest BCUT2D eigenvalue weighted by atomic mass is 16.7. The molecule has 17 heavy (non-hydrogen) atoms. The van der Waals surface area contributed by atoms with Crippen molar-refractivity contribution in [1.29, 1.82) is 0 Å². The van der Waals surface area contributed by atoms with Crippen LogP contribution in [0.25, 0.3) is 6.08 Å². The molecule has 1 fully saturated rings. The third-order valence-electron chi connectivity index (χ3n) is 2.40. The molecule has 0 unspecified atom stereocenters. The van der Waals surface area contributed by atoms with E-state index in [9.17, 15) is 4.79 Å². The molecule has 1 aromatic rings. The first-order valence-corrected chi connectivity index (χ1v) is 5.62. The smallest absolute Gasteiger partial charge is 0.349 e. The molecule has 1 saturated heterocycles. The summed E-state index contributed by atoms with van der Waals surface area (Å²) in [6, 6.07) is 9.64. The molecule has 0 spiro atoms. The summed E-state index contributed by atoms with van der Waals surface area (Å²) < 4.78 is 5.16. The molecule has 1 heterocycles. The predicted octanol–water partition coefficient (Wildman–Crippen LogP) is 1.49. The lowest BCUT2D eigenvalue weighted by Gasteiger charge is -2.24. The molecule has 0 aliphatic carbocycles. The molecule has 1 aliphatic heterocycles. The van der Waals surface area contributed by atoms with Gasteiger partial charge in [0.1, 0.15) is 0 Å². The van der Waals surface area contributed by atoms with Gasteiger partial charge >= 0.3 is 5.97 Å². The van der Waals surface area contributed by atoms with Gasteiger partial charge in [-0.25, -0.2) is 4.79 Å². The molecule has 1 aliphatic rings. The molecule has 90 valence electrons. The topological polar surface area (TPSA) is 38.8 Å². The maximum absolute atomic E-state index is 11.5. The molecule has 4 nitrogen and oxygen atoms in total. The van der Waals surface area contributed by atoms with Gasteiger partial charge in [-0.15, -0.1) is 5.06 Å². The number of carbonyl (C=O) groups excluding carboxylic acids is 1. The molecule has 2 rings (SSSR count). The van der Waals surface area contributed by atoms with Gasteiger partial charge in [-0.1, -0.05) is 30.3 Å². The van der Waals surface area contributed by atoms with Gasteiger partial charge in [0.25, 0.3) is 0 Å². The summed E-state index contributed by atoms with van der Waals surface area (Å²) in [5.74, 6) is -0.351. The zero-order valence-electron chi connectivity index (χ0n) is 9.54. The maximum Gasteiger partial charge on any atom is 0.349 e. The Morgan fingerprint density at radius 2 is 1.94 bits per heavy atom. The van der Waals surface area contributed by atoms with Crippen LogP contribution in [0.4, 0.5) is 0 Å². The summed E-state index contributed by atoms with van der Waals surface area (Å²) in [6.45, 7) is 2.47. The van der Waals surface area contributed by atoms with E-state index in [1.165, 1.54) is 6.08 Å². The second kappa shape index (κ2) is 6.18. The van der Waals surface area contributed by atoms with Crippen LogP contribution >= 0.6 is 0 Å². The molecule has 0 radical (unpaired) electrons. The monoisotopic (exact) mass is 233 g/mol. The number of hydrogen-bond donors (Lipinski definition) is 0. The molecular formula is C13H15NO3. The van der Waals surface area contributed by atoms with Crippen molar-refractivity contribution >= 4 is 12.0 Å². The first-order chi connectivity index (χ1) is 8.34. The average Bonchev–Trinajstić information content (AvgIpc) is 2.39. The Bertz CT molecular complexity index is 383. The van der Waals surface area contributed by atoms with Crippen molar-refractivity contribution in [2.75, 3.05) is 26.3 Å². The number of hydroxylamine groups is 2. The van der Waals surface area contributed by atoms with Crippen molar-refractivity contribution in [2.45, 2.75) is 0 Å². The van der Waals surface area contributed by atoms with Crippen molar-refractivity contribution in [3.63, 3.8) is 0 Å². The number of hydrogen-bond acceptors (Lipinski definition) is 4. The van der Waals surface area contributed by atoms with Crippen LogP contribution in [-0.2, 0) is 14.4 Å². The first-order valence-electron chi connectivity index (χ1n) is 5.62. The van der Waals surface area contributed by atoms with Crippen LogP contribution in [0, 0.1) is 0 Å². The Balaban J connectivity index is 1.82. The van der Waals surface area contributed by atoms with Crippen LogP contribution in [-0.4, -0.2) is 37.3 Å². The maximum atomic E-state index is 11.5. The number of morpholine rings is 1. The second-order valence-electron chi connectivity index (χ2n) is 3.70. The quantitative estimate of drug-likeness (QED) is 0.741. The summed E-state index contributed by atoms with van der Waals surface area (Å²) in [7, 11) is 0. The molecule has 0 amide bonds. The highest BCUT2D eigenvalue weighted by molar-refractivity contribution is 5.86. The average molecular weight is 233 g/mol. The first kappa shape index (κ1) is 11.8. The molecule has 0 bridgehead atoms.